The monoisotopic (exact) mass is 358 g/mol. The molecule has 2 aliphatic heterocycles. The predicted molar refractivity (Wildman–Crippen MR) is 85.0 cm³/mol. The van der Waals surface area contributed by atoms with Gasteiger partial charge < -0.3 is 19.7 Å². The summed E-state index contributed by atoms with van der Waals surface area (Å²) in [4.78, 5) is 14.1. The van der Waals surface area contributed by atoms with Crippen molar-refractivity contribution in [2.45, 2.75) is 31.2 Å². The van der Waals surface area contributed by atoms with E-state index in [1.165, 1.54) is 12.1 Å². The van der Waals surface area contributed by atoms with E-state index in [2.05, 4.69) is 10.2 Å². The lowest BCUT2D eigenvalue weighted by molar-refractivity contribution is -0.185. The van der Waals surface area contributed by atoms with Crippen molar-refractivity contribution >= 4 is 11.6 Å². The second-order valence-electron chi connectivity index (χ2n) is 6.32. The smallest absolute Gasteiger partial charge is 0.347 e. The van der Waals surface area contributed by atoms with Crippen LogP contribution in [-0.2, 0) is 20.4 Å². The van der Waals surface area contributed by atoms with E-state index in [4.69, 9.17) is 9.47 Å². The lowest BCUT2D eigenvalue weighted by atomic mass is 10.0. The number of nitrogens with zero attached hydrogens (tertiary/aromatic N) is 1. The number of rotatable bonds is 4. The molecule has 2 fully saturated rings. The Labute approximate surface area is 144 Å². The molecule has 5 nitrogen and oxygen atoms in total. The highest BCUT2D eigenvalue weighted by atomic mass is 19.4. The first-order chi connectivity index (χ1) is 11.9. The first-order valence-electron chi connectivity index (χ1n) is 8.34. The molecule has 0 saturated carbocycles. The molecule has 2 saturated heterocycles. The third-order valence-corrected chi connectivity index (χ3v) is 4.58. The fourth-order valence-corrected chi connectivity index (χ4v) is 3.13. The standard InChI is InChI=1S/C17H21F3N2O3/c18-17(19,20)13-1-3-14(4-2-13)21-15(23)5-8-22-9-6-16(7-10-22)24-11-12-25-16/h1-4H,5-12H2,(H,21,23). The fourth-order valence-electron chi connectivity index (χ4n) is 3.13. The normalized spacial score (nSPS) is 20.8. The number of carbonyl (C=O) groups excluding carboxylic acids is 1. The molecular formula is C17H21F3N2O3. The highest BCUT2D eigenvalue weighted by molar-refractivity contribution is 5.90. The molecule has 1 spiro atoms. The van der Waals surface area contributed by atoms with Crippen LogP contribution in [0.1, 0.15) is 24.8 Å². The van der Waals surface area contributed by atoms with Crippen LogP contribution in [0.2, 0.25) is 0 Å². The van der Waals surface area contributed by atoms with Gasteiger partial charge in [-0.2, -0.15) is 13.2 Å². The maximum Gasteiger partial charge on any atom is 0.416 e. The van der Waals surface area contributed by atoms with Gasteiger partial charge in [0.25, 0.3) is 0 Å². The molecule has 3 rings (SSSR count). The van der Waals surface area contributed by atoms with E-state index in [0.717, 1.165) is 38.1 Å². The lowest BCUT2D eigenvalue weighted by Crippen LogP contribution is -2.45. The van der Waals surface area contributed by atoms with Gasteiger partial charge in [-0.3, -0.25) is 4.79 Å². The number of anilines is 1. The molecule has 25 heavy (non-hydrogen) atoms. The minimum atomic E-state index is -4.37. The third kappa shape index (κ3) is 4.71. The van der Waals surface area contributed by atoms with Gasteiger partial charge in [0, 0.05) is 44.6 Å². The van der Waals surface area contributed by atoms with Crippen LogP contribution in [0.15, 0.2) is 24.3 Å². The summed E-state index contributed by atoms with van der Waals surface area (Å²) in [5.41, 5.74) is -0.368. The molecule has 0 atom stereocenters. The van der Waals surface area contributed by atoms with E-state index in [1.54, 1.807) is 0 Å². The van der Waals surface area contributed by atoms with E-state index in [0.29, 0.717) is 25.4 Å². The van der Waals surface area contributed by atoms with Gasteiger partial charge in [0.15, 0.2) is 5.79 Å². The summed E-state index contributed by atoms with van der Waals surface area (Å²) in [7, 11) is 0. The number of hydrogen-bond donors (Lipinski definition) is 1. The predicted octanol–water partition coefficient (Wildman–Crippen LogP) is 2.87. The summed E-state index contributed by atoms with van der Waals surface area (Å²) >= 11 is 0. The minimum absolute atomic E-state index is 0.214. The highest BCUT2D eigenvalue weighted by Gasteiger charge is 2.39. The second kappa shape index (κ2) is 7.31. The van der Waals surface area contributed by atoms with Crippen LogP contribution in [-0.4, -0.2) is 49.4 Å². The van der Waals surface area contributed by atoms with Gasteiger partial charge in [-0.25, -0.2) is 0 Å². The SMILES string of the molecule is O=C(CCN1CCC2(CC1)OCCO2)Nc1ccc(C(F)(F)F)cc1. The van der Waals surface area contributed by atoms with Crippen LogP contribution >= 0.6 is 0 Å². The molecule has 138 valence electrons. The van der Waals surface area contributed by atoms with Gasteiger partial charge in [0.05, 0.1) is 18.8 Å². The quantitative estimate of drug-likeness (QED) is 0.899. The average Bonchev–Trinajstić information content (AvgIpc) is 3.02. The molecule has 0 radical (unpaired) electrons. The summed E-state index contributed by atoms with van der Waals surface area (Å²) in [5.74, 6) is -0.646. The zero-order valence-electron chi connectivity index (χ0n) is 13.8. The van der Waals surface area contributed by atoms with Crippen LogP contribution in [0.4, 0.5) is 18.9 Å². The van der Waals surface area contributed by atoms with Crippen molar-refractivity contribution in [1.29, 1.82) is 0 Å². The number of carbonyl (C=O) groups is 1. The average molecular weight is 358 g/mol. The van der Waals surface area contributed by atoms with E-state index in [-0.39, 0.29) is 12.3 Å². The Balaban J connectivity index is 1.41. The highest BCUT2D eigenvalue weighted by Crippen LogP contribution is 2.31. The van der Waals surface area contributed by atoms with Crippen LogP contribution in [0, 0.1) is 0 Å². The van der Waals surface area contributed by atoms with Crippen molar-refractivity contribution in [1.82, 2.24) is 4.90 Å². The number of amides is 1. The van der Waals surface area contributed by atoms with Gasteiger partial charge in [0.2, 0.25) is 5.91 Å². The maximum atomic E-state index is 12.5. The lowest BCUT2D eigenvalue weighted by Gasteiger charge is -2.37. The Morgan fingerprint density at radius 3 is 2.28 bits per heavy atom. The molecule has 0 bridgehead atoms. The van der Waals surface area contributed by atoms with Crippen LogP contribution in [0.5, 0.6) is 0 Å². The topological polar surface area (TPSA) is 50.8 Å². The van der Waals surface area contributed by atoms with Crippen molar-refractivity contribution in [3.05, 3.63) is 29.8 Å². The number of hydrogen-bond acceptors (Lipinski definition) is 4. The van der Waals surface area contributed by atoms with Crippen LogP contribution in [0.25, 0.3) is 0 Å². The number of alkyl halides is 3. The molecule has 2 heterocycles. The molecule has 1 aromatic rings. The van der Waals surface area contributed by atoms with Crippen molar-refractivity contribution in [3.63, 3.8) is 0 Å². The zero-order valence-corrected chi connectivity index (χ0v) is 13.8. The second-order valence-corrected chi connectivity index (χ2v) is 6.32. The first-order valence-corrected chi connectivity index (χ1v) is 8.34. The number of ether oxygens (including phenoxy) is 2. The summed E-state index contributed by atoms with van der Waals surface area (Å²) in [5, 5.41) is 2.63. The molecule has 0 aromatic heterocycles. The Morgan fingerprint density at radius 1 is 1.12 bits per heavy atom. The summed E-state index contributed by atoms with van der Waals surface area (Å²) in [6.07, 6.45) is -2.52. The van der Waals surface area contributed by atoms with Crippen molar-refractivity contribution < 1.29 is 27.4 Å². The van der Waals surface area contributed by atoms with Gasteiger partial charge >= 0.3 is 6.18 Å². The molecule has 8 heteroatoms. The Bertz CT molecular complexity index is 588. The molecule has 0 aliphatic carbocycles. The van der Waals surface area contributed by atoms with Crippen LogP contribution in [0.3, 0.4) is 0 Å². The van der Waals surface area contributed by atoms with Gasteiger partial charge in [-0.1, -0.05) is 0 Å². The van der Waals surface area contributed by atoms with E-state index >= 15 is 0 Å². The van der Waals surface area contributed by atoms with Crippen LogP contribution < -0.4 is 5.32 Å². The van der Waals surface area contributed by atoms with E-state index in [9.17, 15) is 18.0 Å². The summed E-state index contributed by atoms with van der Waals surface area (Å²) in [6, 6.07) is 4.45. The number of halogens is 3. The Hall–Kier alpha value is -1.64. The molecule has 1 N–H and O–H groups in total. The Kier molecular flexibility index (Phi) is 5.31. The number of benzene rings is 1. The van der Waals surface area contributed by atoms with Gasteiger partial charge in [-0.15, -0.1) is 0 Å². The largest absolute Gasteiger partial charge is 0.416 e. The minimum Gasteiger partial charge on any atom is -0.347 e. The zero-order chi connectivity index (χ0) is 17.9. The number of piperidine rings is 1. The van der Waals surface area contributed by atoms with E-state index in [1.807, 2.05) is 0 Å². The molecule has 1 aromatic carbocycles. The van der Waals surface area contributed by atoms with Gasteiger partial charge in [0.1, 0.15) is 0 Å². The molecule has 0 unspecified atom stereocenters. The van der Waals surface area contributed by atoms with Gasteiger partial charge in [-0.05, 0) is 24.3 Å². The third-order valence-electron chi connectivity index (χ3n) is 4.58. The Morgan fingerprint density at radius 2 is 1.72 bits per heavy atom. The van der Waals surface area contributed by atoms with Crippen molar-refractivity contribution in [2.24, 2.45) is 0 Å². The molecular weight excluding hydrogens is 337 g/mol. The first kappa shape index (κ1) is 18.2. The maximum absolute atomic E-state index is 12.5. The number of nitrogens with one attached hydrogen (secondary N) is 1. The van der Waals surface area contributed by atoms with Crippen molar-refractivity contribution in [3.8, 4) is 0 Å². The molecule has 2 aliphatic rings. The number of likely N-dealkylation sites (tertiary alicyclic amines) is 1. The van der Waals surface area contributed by atoms with E-state index < -0.39 is 17.5 Å². The van der Waals surface area contributed by atoms with Crippen molar-refractivity contribution in [2.75, 3.05) is 38.2 Å². The molecule has 1 amide bonds. The summed E-state index contributed by atoms with van der Waals surface area (Å²) in [6.45, 7) is 3.47. The fraction of sp³-hybridized carbons (Fsp3) is 0.588. The summed E-state index contributed by atoms with van der Waals surface area (Å²) < 4.78 is 48.8.